The van der Waals surface area contributed by atoms with E-state index in [1.807, 2.05) is 36.4 Å². The number of H-pyrrole nitrogens is 1. The van der Waals surface area contributed by atoms with E-state index in [-0.39, 0.29) is 0 Å². The van der Waals surface area contributed by atoms with Crippen LogP contribution in [0.3, 0.4) is 0 Å². The fourth-order valence-corrected chi connectivity index (χ4v) is 2.58. The van der Waals surface area contributed by atoms with Crippen molar-refractivity contribution in [2.75, 3.05) is 14.2 Å². The Labute approximate surface area is 120 Å². The zero-order valence-corrected chi connectivity index (χ0v) is 11.7. The van der Waals surface area contributed by atoms with Crippen LogP contribution in [0.25, 0.3) is 33.1 Å². The highest BCUT2D eigenvalue weighted by molar-refractivity contribution is 6.06. The molecule has 0 aliphatic carbocycles. The molecule has 0 radical (unpaired) electrons. The predicted octanol–water partition coefficient (Wildman–Crippen LogP) is 3.28. The quantitative estimate of drug-likeness (QED) is 0.611. The Morgan fingerprint density at radius 1 is 0.905 bits per heavy atom. The molecule has 2 aromatic carbocycles. The normalized spacial score (nSPS) is 11.3. The number of benzene rings is 2. The van der Waals surface area contributed by atoms with Crippen molar-refractivity contribution in [1.82, 2.24) is 15.0 Å². The van der Waals surface area contributed by atoms with Gasteiger partial charge in [0.2, 0.25) is 0 Å². The van der Waals surface area contributed by atoms with Crippen LogP contribution in [0, 0.1) is 0 Å². The standard InChI is InChI=1S/C16H13N3O2/c1-20-13-7-9-12(8-14(13)21-2)19-16-15(9)17-10-5-3-4-6-11(10)18-16/h3-8H,1-2H3,(H,18,19). The largest absolute Gasteiger partial charge is 0.493 e. The summed E-state index contributed by atoms with van der Waals surface area (Å²) in [7, 11) is 3.25. The molecule has 0 aliphatic rings. The van der Waals surface area contributed by atoms with Gasteiger partial charge in [-0.15, -0.1) is 0 Å². The van der Waals surface area contributed by atoms with Crippen molar-refractivity contribution in [2.24, 2.45) is 0 Å². The van der Waals surface area contributed by atoms with Crippen LogP contribution in [0.2, 0.25) is 0 Å². The van der Waals surface area contributed by atoms with Gasteiger partial charge >= 0.3 is 0 Å². The van der Waals surface area contributed by atoms with E-state index in [1.54, 1.807) is 14.2 Å². The molecule has 1 N–H and O–H groups in total. The second-order valence-corrected chi connectivity index (χ2v) is 4.79. The van der Waals surface area contributed by atoms with Crippen LogP contribution in [0.15, 0.2) is 36.4 Å². The lowest BCUT2D eigenvalue weighted by atomic mass is 10.2. The second kappa shape index (κ2) is 4.34. The topological polar surface area (TPSA) is 60.0 Å². The number of para-hydroxylation sites is 2. The number of rotatable bonds is 2. The molecule has 0 saturated carbocycles. The molecule has 0 spiro atoms. The third kappa shape index (κ3) is 1.71. The summed E-state index contributed by atoms with van der Waals surface area (Å²) in [4.78, 5) is 12.6. The molecule has 0 unspecified atom stereocenters. The third-order valence-electron chi connectivity index (χ3n) is 3.60. The Morgan fingerprint density at radius 3 is 2.29 bits per heavy atom. The first-order chi connectivity index (χ1) is 10.3. The van der Waals surface area contributed by atoms with E-state index >= 15 is 0 Å². The van der Waals surface area contributed by atoms with E-state index in [1.165, 1.54) is 0 Å². The molecule has 0 amide bonds. The van der Waals surface area contributed by atoms with Crippen molar-refractivity contribution in [3.63, 3.8) is 0 Å². The summed E-state index contributed by atoms with van der Waals surface area (Å²) < 4.78 is 10.7. The Balaban J connectivity index is 2.13. The number of aromatic amines is 1. The van der Waals surface area contributed by atoms with Crippen LogP contribution in [0.1, 0.15) is 0 Å². The maximum atomic E-state index is 5.36. The van der Waals surface area contributed by atoms with Crippen molar-refractivity contribution >= 4 is 33.1 Å². The van der Waals surface area contributed by atoms with E-state index in [4.69, 9.17) is 14.5 Å². The Morgan fingerprint density at radius 2 is 1.57 bits per heavy atom. The summed E-state index contributed by atoms with van der Waals surface area (Å²) in [6.45, 7) is 0. The molecule has 5 heteroatoms. The minimum Gasteiger partial charge on any atom is -0.493 e. The highest BCUT2D eigenvalue weighted by atomic mass is 16.5. The molecule has 5 nitrogen and oxygen atoms in total. The smallest absolute Gasteiger partial charge is 0.162 e. The highest BCUT2D eigenvalue weighted by Gasteiger charge is 2.13. The van der Waals surface area contributed by atoms with Crippen LogP contribution in [0.4, 0.5) is 0 Å². The van der Waals surface area contributed by atoms with Gasteiger partial charge in [-0.05, 0) is 18.2 Å². The van der Waals surface area contributed by atoms with Crippen LogP contribution in [-0.2, 0) is 0 Å². The summed E-state index contributed by atoms with van der Waals surface area (Å²) in [5.41, 5.74) is 4.28. The molecule has 21 heavy (non-hydrogen) atoms. The van der Waals surface area contributed by atoms with Gasteiger partial charge in [-0.3, -0.25) is 0 Å². The summed E-state index contributed by atoms with van der Waals surface area (Å²) in [5, 5.41) is 0.973. The lowest BCUT2D eigenvalue weighted by molar-refractivity contribution is 0.356. The summed E-state index contributed by atoms with van der Waals surface area (Å²) in [5.74, 6) is 1.36. The Bertz CT molecular complexity index is 975. The monoisotopic (exact) mass is 279 g/mol. The van der Waals surface area contributed by atoms with E-state index in [9.17, 15) is 0 Å². The molecule has 104 valence electrons. The molecule has 0 atom stereocenters. The van der Waals surface area contributed by atoms with Crippen molar-refractivity contribution in [3.05, 3.63) is 36.4 Å². The third-order valence-corrected chi connectivity index (χ3v) is 3.60. The SMILES string of the molecule is COc1cc2[nH]c3nc4ccccc4nc3c2cc1OC. The second-order valence-electron chi connectivity index (χ2n) is 4.79. The van der Waals surface area contributed by atoms with Crippen LogP contribution in [0.5, 0.6) is 11.5 Å². The maximum Gasteiger partial charge on any atom is 0.162 e. The molecular formula is C16H13N3O2. The van der Waals surface area contributed by atoms with Gasteiger partial charge < -0.3 is 14.5 Å². The van der Waals surface area contributed by atoms with Crippen molar-refractivity contribution in [2.45, 2.75) is 0 Å². The van der Waals surface area contributed by atoms with Gasteiger partial charge in [-0.1, -0.05) is 12.1 Å². The van der Waals surface area contributed by atoms with Crippen LogP contribution >= 0.6 is 0 Å². The number of aromatic nitrogens is 3. The average molecular weight is 279 g/mol. The molecule has 0 fully saturated rings. The van der Waals surface area contributed by atoms with Gasteiger partial charge in [0.25, 0.3) is 0 Å². The highest BCUT2D eigenvalue weighted by Crippen LogP contribution is 2.35. The van der Waals surface area contributed by atoms with Crippen molar-refractivity contribution in [1.29, 1.82) is 0 Å². The maximum absolute atomic E-state index is 5.36. The molecular weight excluding hydrogens is 266 g/mol. The first-order valence-electron chi connectivity index (χ1n) is 6.60. The van der Waals surface area contributed by atoms with Crippen LogP contribution in [-0.4, -0.2) is 29.2 Å². The first-order valence-corrected chi connectivity index (χ1v) is 6.60. The summed E-state index contributed by atoms with van der Waals surface area (Å²) in [6.07, 6.45) is 0. The number of nitrogens with one attached hydrogen (secondary N) is 1. The number of fused-ring (bicyclic) bond motifs is 4. The minimum atomic E-state index is 0.681. The minimum absolute atomic E-state index is 0.681. The molecule has 4 aromatic rings. The number of methoxy groups -OCH3 is 2. The first kappa shape index (κ1) is 12.0. The lowest BCUT2D eigenvalue weighted by Crippen LogP contribution is -1.90. The fraction of sp³-hybridized carbons (Fsp3) is 0.125. The van der Waals surface area contributed by atoms with E-state index in [0.717, 1.165) is 33.1 Å². The molecule has 2 heterocycles. The summed E-state index contributed by atoms with van der Waals surface area (Å²) >= 11 is 0. The van der Waals surface area contributed by atoms with Gasteiger partial charge in [0.1, 0.15) is 5.52 Å². The van der Waals surface area contributed by atoms with Crippen LogP contribution < -0.4 is 9.47 Å². The number of hydrogen-bond acceptors (Lipinski definition) is 4. The number of nitrogens with zero attached hydrogens (tertiary/aromatic N) is 2. The van der Waals surface area contributed by atoms with E-state index in [0.29, 0.717) is 11.5 Å². The molecule has 4 rings (SSSR count). The Hall–Kier alpha value is -2.82. The van der Waals surface area contributed by atoms with Crippen molar-refractivity contribution in [3.8, 4) is 11.5 Å². The molecule has 0 aliphatic heterocycles. The Kier molecular flexibility index (Phi) is 2.47. The molecule has 0 bridgehead atoms. The van der Waals surface area contributed by atoms with Crippen molar-refractivity contribution < 1.29 is 9.47 Å². The van der Waals surface area contributed by atoms with Gasteiger partial charge in [0.15, 0.2) is 17.1 Å². The van der Waals surface area contributed by atoms with Gasteiger partial charge in [0.05, 0.1) is 30.8 Å². The van der Waals surface area contributed by atoms with Gasteiger partial charge in [0, 0.05) is 11.5 Å². The summed E-state index contributed by atoms with van der Waals surface area (Å²) in [6, 6.07) is 11.7. The fourth-order valence-electron chi connectivity index (χ4n) is 2.58. The average Bonchev–Trinajstić information content (AvgIpc) is 2.87. The van der Waals surface area contributed by atoms with E-state index in [2.05, 4.69) is 9.97 Å². The predicted molar refractivity (Wildman–Crippen MR) is 82.0 cm³/mol. The van der Waals surface area contributed by atoms with E-state index < -0.39 is 0 Å². The lowest BCUT2D eigenvalue weighted by Gasteiger charge is -2.06. The number of ether oxygens (including phenoxy) is 2. The molecule has 2 aromatic heterocycles. The zero-order chi connectivity index (χ0) is 14.4. The van der Waals surface area contributed by atoms with Gasteiger partial charge in [-0.2, -0.15) is 0 Å². The zero-order valence-electron chi connectivity index (χ0n) is 11.7. The molecule has 0 saturated heterocycles. The van der Waals surface area contributed by atoms with Gasteiger partial charge in [-0.25, -0.2) is 9.97 Å². The number of hydrogen-bond donors (Lipinski definition) is 1.